The van der Waals surface area contributed by atoms with Crippen LogP contribution in [-0.2, 0) is 0 Å². The van der Waals surface area contributed by atoms with Crippen LogP contribution in [0.2, 0.25) is 10.0 Å². The molecule has 0 bridgehead atoms. The lowest BCUT2D eigenvalue weighted by atomic mass is 9.98. The fourth-order valence-corrected chi connectivity index (χ4v) is 2.63. The second-order valence-electron chi connectivity index (χ2n) is 4.52. The van der Waals surface area contributed by atoms with E-state index in [0.717, 1.165) is 16.7 Å². The van der Waals surface area contributed by atoms with Crippen molar-refractivity contribution in [1.82, 2.24) is 5.43 Å². The van der Waals surface area contributed by atoms with Gasteiger partial charge in [0.05, 0.1) is 18.2 Å². The van der Waals surface area contributed by atoms with Crippen molar-refractivity contribution in [3.8, 4) is 5.75 Å². The highest BCUT2D eigenvalue weighted by molar-refractivity contribution is 6.32. The number of nitrogens with one attached hydrogen (secondary N) is 1. The van der Waals surface area contributed by atoms with Gasteiger partial charge in [0.25, 0.3) is 0 Å². The van der Waals surface area contributed by atoms with Crippen LogP contribution < -0.4 is 16.0 Å². The van der Waals surface area contributed by atoms with Gasteiger partial charge < -0.3 is 4.74 Å². The highest BCUT2D eigenvalue weighted by atomic mass is 35.5. The Bertz CT molecular complexity index is 617. The number of methoxy groups -OCH3 is 1. The summed E-state index contributed by atoms with van der Waals surface area (Å²) in [5, 5.41) is 1.23. The Morgan fingerprint density at radius 2 is 1.85 bits per heavy atom. The number of hydrazine groups is 1. The Balaban J connectivity index is 2.46. The lowest BCUT2D eigenvalue weighted by Gasteiger charge is -2.19. The zero-order valence-corrected chi connectivity index (χ0v) is 12.8. The van der Waals surface area contributed by atoms with Crippen molar-refractivity contribution in [1.29, 1.82) is 0 Å². The molecule has 0 heterocycles. The minimum absolute atomic E-state index is 0.228. The molecule has 1 unspecified atom stereocenters. The maximum Gasteiger partial charge on any atom is 0.137 e. The Hall–Kier alpha value is -1.26. The molecule has 3 N–H and O–H groups in total. The first-order valence-electron chi connectivity index (χ1n) is 6.12. The molecule has 1 atom stereocenters. The molecule has 0 amide bonds. The van der Waals surface area contributed by atoms with Gasteiger partial charge in [0.1, 0.15) is 5.75 Å². The molecule has 0 aliphatic rings. The largest absolute Gasteiger partial charge is 0.495 e. The predicted octanol–water partition coefficient (Wildman–Crippen LogP) is 3.86. The third kappa shape index (κ3) is 3.07. The summed E-state index contributed by atoms with van der Waals surface area (Å²) in [5.74, 6) is 6.30. The summed E-state index contributed by atoms with van der Waals surface area (Å²) in [4.78, 5) is 0. The maximum atomic E-state index is 6.30. The van der Waals surface area contributed by atoms with Gasteiger partial charge in [-0.25, -0.2) is 5.43 Å². The van der Waals surface area contributed by atoms with E-state index in [1.807, 2.05) is 37.3 Å². The van der Waals surface area contributed by atoms with Gasteiger partial charge in [-0.05, 0) is 41.8 Å². The van der Waals surface area contributed by atoms with Crippen LogP contribution in [0.15, 0.2) is 36.4 Å². The molecule has 0 aliphatic heterocycles. The van der Waals surface area contributed by atoms with Gasteiger partial charge in [-0.15, -0.1) is 0 Å². The summed E-state index contributed by atoms with van der Waals surface area (Å²) in [6.45, 7) is 1.99. The summed E-state index contributed by atoms with van der Waals surface area (Å²) >= 11 is 12.3. The van der Waals surface area contributed by atoms with E-state index >= 15 is 0 Å². The van der Waals surface area contributed by atoms with Crippen molar-refractivity contribution >= 4 is 23.2 Å². The van der Waals surface area contributed by atoms with E-state index in [4.69, 9.17) is 33.8 Å². The Morgan fingerprint density at radius 3 is 2.45 bits per heavy atom. The molecule has 0 fully saturated rings. The Kier molecular flexibility index (Phi) is 4.89. The summed E-state index contributed by atoms with van der Waals surface area (Å²) in [7, 11) is 1.58. The number of nitrogens with two attached hydrogens (primary N) is 1. The molecule has 0 saturated heterocycles. The third-order valence-corrected chi connectivity index (χ3v) is 3.78. The highest BCUT2D eigenvalue weighted by Crippen LogP contribution is 2.33. The van der Waals surface area contributed by atoms with Gasteiger partial charge in [-0.3, -0.25) is 5.84 Å². The fourth-order valence-electron chi connectivity index (χ4n) is 2.09. The number of halogens is 2. The van der Waals surface area contributed by atoms with Crippen LogP contribution in [0.25, 0.3) is 0 Å². The van der Waals surface area contributed by atoms with Gasteiger partial charge in [-0.1, -0.05) is 41.4 Å². The van der Waals surface area contributed by atoms with Crippen LogP contribution in [0, 0.1) is 6.92 Å². The van der Waals surface area contributed by atoms with E-state index in [9.17, 15) is 0 Å². The average Bonchev–Trinajstić information content (AvgIpc) is 2.43. The van der Waals surface area contributed by atoms with Gasteiger partial charge in [-0.2, -0.15) is 0 Å². The van der Waals surface area contributed by atoms with Gasteiger partial charge in [0.2, 0.25) is 0 Å². The molecule has 5 heteroatoms. The molecule has 3 nitrogen and oxygen atoms in total. The van der Waals surface area contributed by atoms with Crippen molar-refractivity contribution in [2.24, 2.45) is 5.84 Å². The van der Waals surface area contributed by atoms with Crippen molar-refractivity contribution in [2.45, 2.75) is 13.0 Å². The van der Waals surface area contributed by atoms with E-state index in [2.05, 4.69) is 5.43 Å². The molecule has 2 aromatic carbocycles. The van der Waals surface area contributed by atoms with E-state index in [1.54, 1.807) is 13.2 Å². The quantitative estimate of drug-likeness (QED) is 0.666. The molecule has 0 aliphatic carbocycles. The lowest BCUT2D eigenvalue weighted by Crippen LogP contribution is -2.29. The zero-order chi connectivity index (χ0) is 14.7. The van der Waals surface area contributed by atoms with Crippen molar-refractivity contribution in [3.05, 3.63) is 63.1 Å². The van der Waals surface area contributed by atoms with Crippen LogP contribution in [0.1, 0.15) is 22.7 Å². The number of rotatable bonds is 4. The monoisotopic (exact) mass is 310 g/mol. The van der Waals surface area contributed by atoms with Gasteiger partial charge >= 0.3 is 0 Å². The number of ether oxygens (including phenoxy) is 1. The molecule has 2 rings (SSSR count). The van der Waals surface area contributed by atoms with Gasteiger partial charge in [0, 0.05) is 5.02 Å². The normalized spacial score (nSPS) is 12.2. The highest BCUT2D eigenvalue weighted by Gasteiger charge is 2.17. The number of aryl methyl sites for hydroxylation is 1. The minimum atomic E-state index is -0.228. The second kappa shape index (κ2) is 6.46. The Morgan fingerprint density at radius 1 is 1.10 bits per heavy atom. The van der Waals surface area contributed by atoms with Crippen LogP contribution in [0.5, 0.6) is 5.75 Å². The standard InChI is InChI=1S/C15H16Cl2N2O/c1-9-3-5-11(13(17)7-9)15(19-18)10-4-6-12(16)14(8-10)20-2/h3-8,15,19H,18H2,1-2H3. The smallest absolute Gasteiger partial charge is 0.137 e. The molecular formula is C15H16Cl2N2O. The number of hydrogen-bond acceptors (Lipinski definition) is 3. The predicted molar refractivity (Wildman–Crippen MR) is 83.4 cm³/mol. The van der Waals surface area contributed by atoms with Crippen molar-refractivity contribution < 1.29 is 4.74 Å². The molecule has 0 saturated carbocycles. The van der Waals surface area contributed by atoms with E-state index < -0.39 is 0 Å². The van der Waals surface area contributed by atoms with E-state index in [-0.39, 0.29) is 6.04 Å². The van der Waals surface area contributed by atoms with Crippen LogP contribution in [0.4, 0.5) is 0 Å². The number of hydrogen-bond donors (Lipinski definition) is 2. The van der Waals surface area contributed by atoms with E-state index in [1.165, 1.54) is 0 Å². The third-order valence-electron chi connectivity index (χ3n) is 3.14. The molecular weight excluding hydrogens is 295 g/mol. The molecule has 0 aromatic heterocycles. The fraction of sp³-hybridized carbons (Fsp3) is 0.200. The summed E-state index contributed by atoms with van der Waals surface area (Å²) in [5.41, 5.74) is 5.72. The summed E-state index contributed by atoms with van der Waals surface area (Å²) < 4.78 is 5.23. The van der Waals surface area contributed by atoms with E-state index in [0.29, 0.717) is 15.8 Å². The van der Waals surface area contributed by atoms with Crippen LogP contribution >= 0.6 is 23.2 Å². The molecule has 0 spiro atoms. The molecule has 106 valence electrons. The SMILES string of the molecule is COc1cc(C(NN)c2ccc(C)cc2Cl)ccc1Cl. The first-order valence-corrected chi connectivity index (χ1v) is 6.88. The Labute approximate surface area is 128 Å². The first-order chi connectivity index (χ1) is 9.56. The maximum absolute atomic E-state index is 6.30. The average molecular weight is 311 g/mol. The topological polar surface area (TPSA) is 47.3 Å². The molecule has 2 aromatic rings. The van der Waals surface area contributed by atoms with Crippen molar-refractivity contribution in [3.63, 3.8) is 0 Å². The minimum Gasteiger partial charge on any atom is -0.495 e. The molecule has 0 radical (unpaired) electrons. The second-order valence-corrected chi connectivity index (χ2v) is 5.33. The van der Waals surface area contributed by atoms with Gasteiger partial charge in [0.15, 0.2) is 0 Å². The first kappa shape index (κ1) is 15.1. The van der Waals surface area contributed by atoms with Crippen LogP contribution in [0.3, 0.4) is 0 Å². The lowest BCUT2D eigenvalue weighted by molar-refractivity contribution is 0.414. The summed E-state index contributed by atoms with van der Waals surface area (Å²) in [6.07, 6.45) is 0. The van der Waals surface area contributed by atoms with Crippen molar-refractivity contribution in [2.75, 3.05) is 7.11 Å². The number of benzene rings is 2. The summed E-state index contributed by atoms with van der Waals surface area (Å²) in [6, 6.07) is 11.2. The van der Waals surface area contributed by atoms with Crippen LogP contribution in [-0.4, -0.2) is 7.11 Å². The molecule has 20 heavy (non-hydrogen) atoms. The zero-order valence-electron chi connectivity index (χ0n) is 11.3.